The first kappa shape index (κ1) is 12.7. The molecule has 94 valence electrons. The molecule has 1 aromatic heterocycles. The fraction of sp³-hybridized carbons (Fsp3) is 0.615. The molecule has 1 aromatic rings. The fourth-order valence-electron chi connectivity index (χ4n) is 2.64. The van der Waals surface area contributed by atoms with Crippen LogP contribution in [0.1, 0.15) is 32.6 Å². The molecule has 0 spiro atoms. The first-order valence-electron chi connectivity index (χ1n) is 6.34. The van der Waals surface area contributed by atoms with Crippen LogP contribution in [-0.2, 0) is 0 Å². The summed E-state index contributed by atoms with van der Waals surface area (Å²) in [6.45, 7) is 3.15. The van der Waals surface area contributed by atoms with E-state index in [-0.39, 0.29) is 0 Å². The van der Waals surface area contributed by atoms with E-state index >= 15 is 0 Å². The second-order valence-corrected chi connectivity index (χ2v) is 5.09. The van der Waals surface area contributed by atoms with Gasteiger partial charge < -0.3 is 10.6 Å². The molecule has 1 saturated carbocycles. The van der Waals surface area contributed by atoms with Gasteiger partial charge in [-0.2, -0.15) is 0 Å². The van der Waals surface area contributed by atoms with Crippen molar-refractivity contribution in [3.05, 3.63) is 23.5 Å². The van der Waals surface area contributed by atoms with Crippen LogP contribution in [0.5, 0.6) is 0 Å². The number of nitrogens with two attached hydrogens (primary N) is 1. The minimum absolute atomic E-state index is 0.387. The summed E-state index contributed by atoms with van der Waals surface area (Å²) in [4.78, 5) is 6.43. The predicted octanol–water partition coefficient (Wildman–Crippen LogP) is 2.83. The topological polar surface area (TPSA) is 42.2 Å². The zero-order valence-electron chi connectivity index (χ0n) is 10.3. The van der Waals surface area contributed by atoms with Gasteiger partial charge in [0, 0.05) is 31.0 Å². The zero-order chi connectivity index (χ0) is 12.3. The van der Waals surface area contributed by atoms with Gasteiger partial charge in [-0.1, -0.05) is 11.6 Å². The Morgan fingerprint density at radius 2 is 2.12 bits per heavy atom. The van der Waals surface area contributed by atoms with Crippen LogP contribution in [0.3, 0.4) is 0 Å². The van der Waals surface area contributed by atoms with Crippen molar-refractivity contribution in [2.45, 2.75) is 44.7 Å². The highest BCUT2D eigenvalue weighted by atomic mass is 35.5. The molecule has 4 heteroatoms. The molecular formula is C13H20ClN3. The van der Waals surface area contributed by atoms with E-state index in [1.807, 2.05) is 6.07 Å². The van der Waals surface area contributed by atoms with Crippen molar-refractivity contribution < 1.29 is 0 Å². The molecule has 17 heavy (non-hydrogen) atoms. The van der Waals surface area contributed by atoms with E-state index in [2.05, 4.69) is 16.8 Å². The Bertz CT molecular complexity index is 361. The Hall–Kier alpha value is -0.800. The fourth-order valence-corrected chi connectivity index (χ4v) is 2.87. The summed E-state index contributed by atoms with van der Waals surface area (Å²) in [7, 11) is 0. The lowest BCUT2D eigenvalue weighted by molar-refractivity contribution is 0.378. The van der Waals surface area contributed by atoms with E-state index in [4.69, 9.17) is 17.3 Å². The summed E-state index contributed by atoms with van der Waals surface area (Å²) in [6.07, 6.45) is 8.07. The Labute approximate surface area is 108 Å². The van der Waals surface area contributed by atoms with Crippen molar-refractivity contribution in [2.24, 2.45) is 5.73 Å². The number of aromatic nitrogens is 1. The molecule has 0 amide bonds. The zero-order valence-corrected chi connectivity index (χ0v) is 11.0. The number of halogens is 1. The highest BCUT2D eigenvalue weighted by Crippen LogP contribution is 2.30. The summed E-state index contributed by atoms with van der Waals surface area (Å²) in [5.41, 5.74) is 7.05. The molecule has 2 N–H and O–H groups in total. The summed E-state index contributed by atoms with van der Waals surface area (Å²) in [5.74, 6) is 0. The van der Waals surface area contributed by atoms with Crippen molar-refractivity contribution >= 4 is 17.3 Å². The smallest absolute Gasteiger partial charge is 0.0822 e. The molecule has 3 nitrogen and oxygen atoms in total. The van der Waals surface area contributed by atoms with Crippen LogP contribution in [0.25, 0.3) is 0 Å². The maximum Gasteiger partial charge on any atom is 0.0822 e. The van der Waals surface area contributed by atoms with E-state index in [1.165, 1.54) is 0 Å². The van der Waals surface area contributed by atoms with Gasteiger partial charge in [0.1, 0.15) is 0 Å². The third-order valence-corrected chi connectivity index (χ3v) is 3.87. The van der Waals surface area contributed by atoms with Crippen LogP contribution in [0, 0.1) is 0 Å². The second kappa shape index (κ2) is 5.69. The average Bonchev–Trinajstić information content (AvgIpc) is 2.35. The van der Waals surface area contributed by atoms with E-state index in [9.17, 15) is 0 Å². The minimum atomic E-state index is 0.387. The van der Waals surface area contributed by atoms with Crippen LogP contribution in [-0.4, -0.2) is 23.6 Å². The SMILES string of the molecule is CCN(c1ccncc1Cl)C1CCC(N)CC1. The number of pyridine rings is 1. The second-order valence-electron chi connectivity index (χ2n) is 4.68. The van der Waals surface area contributed by atoms with E-state index in [0.717, 1.165) is 42.9 Å². The lowest BCUT2D eigenvalue weighted by Gasteiger charge is -2.37. The number of nitrogens with zero attached hydrogens (tertiary/aromatic N) is 2. The third kappa shape index (κ3) is 2.90. The molecule has 2 rings (SSSR count). The van der Waals surface area contributed by atoms with Crippen LogP contribution in [0.2, 0.25) is 5.02 Å². The molecular weight excluding hydrogens is 234 g/mol. The van der Waals surface area contributed by atoms with Crippen LogP contribution in [0.15, 0.2) is 18.5 Å². The van der Waals surface area contributed by atoms with Gasteiger partial charge in [0.25, 0.3) is 0 Å². The molecule has 1 heterocycles. The lowest BCUT2D eigenvalue weighted by Crippen LogP contribution is -2.41. The quantitative estimate of drug-likeness (QED) is 0.901. The Morgan fingerprint density at radius 3 is 2.71 bits per heavy atom. The average molecular weight is 254 g/mol. The molecule has 1 aliphatic carbocycles. The van der Waals surface area contributed by atoms with Gasteiger partial charge in [0.15, 0.2) is 0 Å². The Kier molecular flexibility index (Phi) is 4.24. The van der Waals surface area contributed by atoms with Gasteiger partial charge in [-0.25, -0.2) is 0 Å². The summed E-state index contributed by atoms with van der Waals surface area (Å²) in [6, 6.07) is 2.96. The maximum atomic E-state index is 6.22. The number of hydrogen-bond acceptors (Lipinski definition) is 3. The van der Waals surface area contributed by atoms with E-state index < -0.39 is 0 Å². The van der Waals surface area contributed by atoms with Crippen molar-refractivity contribution in [1.82, 2.24) is 4.98 Å². The minimum Gasteiger partial charge on any atom is -0.368 e. The predicted molar refractivity (Wildman–Crippen MR) is 72.5 cm³/mol. The largest absolute Gasteiger partial charge is 0.368 e. The first-order valence-corrected chi connectivity index (χ1v) is 6.72. The Balaban J connectivity index is 2.14. The molecule has 0 radical (unpaired) electrons. The monoisotopic (exact) mass is 253 g/mol. The maximum absolute atomic E-state index is 6.22. The molecule has 0 saturated heterocycles. The third-order valence-electron chi connectivity index (χ3n) is 3.58. The van der Waals surface area contributed by atoms with Crippen molar-refractivity contribution in [3.63, 3.8) is 0 Å². The molecule has 0 aliphatic heterocycles. The highest BCUT2D eigenvalue weighted by Gasteiger charge is 2.24. The Morgan fingerprint density at radius 1 is 1.41 bits per heavy atom. The number of hydrogen-bond donors (Lipinski definition) is 1. The molecule has 1 fully saturated rings. The number of anilines is 1. The molecule has 0 unspecified atom stereocenters. The highest BCUT2D eigenvalue weighted by molar-refractivity contribution is 6.33. The van der Waals surface area contributed by atoms with Gasteiger partial charge in [-0.15, -0.1) is 0 Å². The van der Waals surface area contributed by atoms with Crippen LogP contribution < -0.4 is 10.6 Å². The van der Waals surface area contributed by atoms with E-state index in [1.54, 1.807) is 12.4 Å². The van der Waals surface area contributed by atoms with Gasteiger partial charge in [0.05, 0.1) is 10.7 Å². The van der Waals surface area contributed by atoms with Gasteiger partial charge in [0.2, 0.25) is 0 Å². The standard InChI is InChI=1S/C13H20ClN3/c1-2-17(11-5-3-10(15)4-6-11)13-7-8-16-9-12(13)14/h7-11H,2-6,15H2,1H3. The van der Waals surface area contributed by atoms with Crippen LogP contribution in [0.4, 0.5) is 5.69 Å². The van der Waals surface area contributed by atoms with Gasteiger partial charge in [-0.05, 0) is 38.7 Å². The molecule has 0 bridgehead atoms. The summed E-state index contributed by atoms with van der Waals surface area (Å²) < 4.78 is 0. The van der Waals surface area contributed by atoms with E-state index in [0.29, 0.717) is 12.1 Å². The van der Waals surface area contributed by atoms with Crippen molar-refractivity contribution in [1.29, 1.82) is 0 Å². The summed E-state index contributed by atoms with van der Waals surface area (Å²) in [5, 5.41) is 0.740. The molecule has 1 aliphatic rings. The first-order chi connectivity index (χ1) is 8.22. The van der Waals surface area contributed by atoms with Crippen LogP contribution >= 0.6 is 11.6 Å². The lowest BCUT2D eigenvalue weighted by atomic mass is 9.90. The van der Waals surface area contributed by atoms with Gasteiger partial charge >= 0.3 is 0 Å². The molecule has 0 atom stereocenters. The molecule has 0 aromatic carbocycles. The normalized spacial score (nSPS) is 24.6. The van der Waals surface area contributed by atoms with Crippen molar-refractivity contribution in [3.8, 4) is 0 Å². The number of rotatable bonds is 3. The van der Waals surface area contributed by atoms with Crippen molar-refractivity contribution in [2.75, 3.05) is 11.4 Å². The van der Waals surface area contributed by atoms with Gasteiger partial charge in [-0.3, -0.25) is 4.98 Å². The summed E-state index contributed by atoms with van der Waals surface area (Å²) >= 11 is 6.22.